The Kier molecular flexibility index (Phi) is 5.91. The number of hydrogen-bond acceptors (Lipinski definition) is 3. The second-order valence-electron chi connectivity index (χ2n) is 7.83. The predicted molar refractivity (Wildman–Crippen MR) is 97.8 cm³/mol. The molecule has 1 aromatic carbocycles. The molecule has 2 fully saturated rings. The first-order valence-electron chi connectivity index (χ1n) is 9.38. The first-order chi connectivity index (χ1) is 12.4. The second kappa shape index (κ2) is 8.16. The molecular formula is C20H28FN3O2. The van der Waals surface area contributed by atoms with E-state index in [0.29, 0.717) is 32.0 Å². The van der Waals surface area contributed by atoms with Gasteiger partial charge < -0.3 is 14.7 Å². The molecule has 2 aliphatic rings. The smallest absolute Gasteiger partial charge is 0.228 e. The Hall–Kier alpha value is -1.95. The van der Waals surface area contributed by atoms with Crippen molar-refractivity contribution in [2.75, 3.05) is 40.3 Å². The van der Waals surface area contributed by atoms with Gasteiger partial charge in [0.1, 0.15) is 5.82 Å². The average Bonchev–Trinajstić information content (AvgIpc) is 3.34. The van der Waals surface area contributed by atoms with Crippen molar-refractivity contribution < 1.29 is 14.0 Å². The highest BCUT2D eigenvalue weighted by atomic mass is 19.1. The zero-order chi connectivity index (χ0) is 18.7. The average molecular weight is 361 g/mol. The number of amides is 2. The van der Waals surface area contributed by atoms with Crippen LogP contribution in [0.5, 0.6) is 0 Å². The lowest BCUT2D eigenvalue weighted by atomic mass is 10.1. The highest BCUT2D eigenvalue weighted by Crippen LogP contribution is 2.32. The Morgan fingerprint density at radius 3 is 2.50 bits per heavy atom. The number of carbonyl (C=O) groups is 2. The third kappa shape index (κ3) is 5.04. The fraction of sp³-hybridized carbons (Fsp3) is 0.600. The molecule has 1 heterocycles. The first-order valence-corrected chi connectivity index (χ1v) is 9.38. The van der Waals surface area contributed by atoms with E-state index in [0.717, 1.165) is 18.7 Å². The number of carbonyl (C=O) groups excluding carboxylic acids is 2. The van der Waals surface area contributed by atoms with E-state index in [4.69, 9.17) is 0 Å². The van der Waals surface area contributed by atoms with Crippen molar-refractivity contribution in [1.29, 1.82) is 0 Å². The first kappa shape index (κ1) is 18.8. The Morgan fingerprint density at radius 1 is 1.19 bits per heavy atom. The van der Waals surface area contributed by atoms with Crippen LogP contribution in [-0.4, -0.2) is 66.8 Å². The van der Waals surface area contributed by atoms with Crippen LogP contribution in [0.3, 0.4) is 0 Å². The third-order valence-corrected chi connectivity index (χ3v) is 5.15. The lowest BCUT2D eigenvalue weighted by Gasteiger charge is -2.27. The molecule has 2 amide bonds. The van der Waals surface area contributed by atoms with E-state index in [9.17, 15) is 14.0 Å². The molecule has 1 aliphatic carbocycles. The van der Waals surface area contributed by atoms with Crippen molar-refractivity contribution in [2.24, 2.45) is 11.8 Å². The number of benzene rings is 1. The van der Waals surface area contributed by atoms with Crippen molar-refractivity contribution in [2.45, 2.75) is 25.8 Å². The molecular weight excluding hydrogens is 333 g/mol. The van der Waals surface area contributed by atoms with Gasteiger partial charge in [-0.15, -0.1) is 0 Å². The minimum Gasteiger partial charge on any atom is -0.342 e. The van der Waals surface area contributed by atoms with Crippen molar-refractivity contribution in [3.63, 3.8) is 0 Å². The Labute approximate surface area is 154 Å². The summed E-state index contributed by atoms with van der Waals surface area (Å²) < 4.78 is 13.1. The van der Waals surface area contributed by atoms with Gasteiger partial charge >= 0.3 is 0 Å². The summed E-state index contributed by atoms with van der Waals surface area (Å²) in [6.45, 7) is 3.13. The monoisotopic (exact) mass is 361 g/mol. The van der Waals surface area contributed by atoms with Crippen molar-refractivity contribution in [3.05, 3.63) is 35.6 Å². The minimum atomic E-state index is -0.281. The van der Waals surface area contributed by atoms with Gasteiger partial charge in [-0.3, -0.25) is 9.59 Å². The number of likely N-dealkylation sites (N-methyl/N-ethyl adjacent to an activating group) is 1. The molecule has 1 unspecified atom stereocenters. The SMILES string of the molecule is CN(C)CCN(Cc1ccc(F)cc1)C(=O)C1CC(=O)N(CC2CC2)C1. The van der Waals surface area contributed by atoms with Crippen LogP contribution in [0.2, 0.25) is 0 Å². The zero-order valence-corrected chi connectivity index (χ0v) is 15.7. The highest BCUT2D eigenvalue weighted by molar-refractivity contribution is 5.89. The van der Waals surface area contributed by atoms with Gasteiger partial charge in [-0.25, -0.2) is 4.39 Å². The largest absolute Gasteiger partial charge is 0.342 e. The standard InChI is InChI=1S/C20H28FN3O2/c1-22(2)9-10-23(12-16-5-7-18(21)8-6-16)20(26)17-11-19(25)24(14-17)13-15-3-4-15/h5-8,15,17H,3-4,9-14H2,1-2H3. The fourth-order valence-electron chi connectivity index (χ4n) is 3.38. The summed E-state index contributed by atoms with van der Waals surface area (Å²) in [4.78, 5) is 31.0. The predicted octanol–water partition coefficient (Wildman–Crippen LogP) is 1.97. The van der Waals surface area contributed by atoms with Gasteiger partial charge in [0, 0.05) is 39.1 Å². The Bertz CT molecular complexity index is 643. The number of hydrogen-bond donors (Lipinski definition) is 0. The lowest BCUT2D eigenvalue weighted by Crippen LogP contribution is -2.40. The molecule has 3 rings (SSSR count). The van der Waals surface area contributed by atoms with Gasteiger partial charge in [-0.05, 0) is 50.6 Å². The van der Waals surface area contributed by atoms with E-state index < -0.39 is 0 Å². The summed E-state index contributed by atoms with van der Waals surface area (Å²) in [5.41, 5.74) is 0.901. The van der Waals surface area contributed by atoms with Crippen molar-refractivity contribution in [3.8, 4) is 0 Å². The molecule has 1 aromatic rings. The number of halogens is 1. The van der Waals surface area contributed by atoms with E-state index in [1.165, 1.54) is 25.0 Å². The topological polar surface area (TPSA) is 43.9 Å². The van der Waals surface area contributed by atoms with E-state index in [2.05, 4.69) is 0 Å². The Balaban J connectivity index is 1.65. The van der Waals surface area contributed by atoms with Crippen LogP contribution in [0.4, 0.5) is 4.39 Å². The summed E-state index contributed by atoms with van der Waals surface area (Å²) in [7, 11) is 3.94. The maximum absolute atomic E-state index is 13.1. The summed E-state index contributed by atoms with van der Waals surface area (Å²) in [5.74, 6) is 0.227. The molecule has 0 radical (unpaired) electrons. The molecule has 6 heteroatoms. The summed E-state index contributed by atoms with van der Waals surface area (Å²) in [5, 5.41) is 0. The molecule has 1 saturated carbocycles. The molecule has 1 saturated heterocycles. The maximum Gasteiger partial charge on any atom is 0.228 e. The second-order valence-corrected chi connectivity index (χ2v) is 7.83. The van der Waals surface area contributed by atoms with E-state index in [1.807, 2.05) is 28.8 Å². The molecule has 0 N–H and O–H groups in total. The zero-order valence-electron chi connectivity index (χ0n) is 15.7. The van der Waals surface area contributed by atoms with E-state index >= 15 is 0 Å². The minimum absolute atomic E-state index is 0.0304. The molecule has 1 atom stereocenters. The summed E-state index contributed by atoms with van der Waals surface area (Å²) >= 11 is 0. The molecule has 5 nitrogen and oxygen atoms in total. The van der Waals surface area contributed by atoms with Gasteiger partial charge in [0.05, 0.1) is 5.92 Å². The fourth-order valence-corrected chi connectivity index (χ4v) is 3.38. The molecule has 0 spiro atoms. The third-order valence-electron chi connectivity index (χ3n) is 5.15. The van der Waals surface area contributed by atoms with Crippen LogP contribution >= 0.6 is 0 Å². The van der Waals surface area contributed by atoms with Gasteiger partial charge in [-0.1, -0.05) is 12.1 Å². The van der Waals surface area contributed by atoms with Crippen LogP contribution in [0.15, 0.2) is 24.3 Å². The quantitative estimate of drug-likeness (QED) is 0.711. The van der Waals surface area contributed by atoms with E-state index in [1.54, 1.807) is 12.1 Å². The summed E-state index contributed by atoms with van der Waals surface area (Å²) in [6, 6.07) is 6.26. The number of nitrogens with zero attached hydrogens (tertiary/aromatic N) is 3. The number of rotatable bonds is 8. The van der Waals surface area contributed by atoms with E-state index in [-0.39, 0.29) is 23.5 Å². The van der Waals surface area contributed by atoms with Crippen LogP contribution in [0.1, 0.15) is 24.8 Å². The number of likely N-dealkylation sites (tertiary alicyclic amines) is 1. The molecule has 1 aliphatic heterocycles. The van der Waals surface area contributed by atoms with Crippen LogP contribution in [0.25, 0.3) is 0 Å². The van der Waals surface area contributed by atoms with Crippen LogP contribution < -0.4 is 0 Å². The normalized spacial score (nSPS) is 20.1. The van der Waals surface area contributed by atoms with Crippen molar-refractivity contribution >= 4 is 11.8 Å². The van der Waals surface area contributed by atoms with Gasteiger partial charge in [0.25, 0.3) is 0 Å². The van der Waals surface area contributed by atoms with Gasteiger partial charge in [0.2, 0.25) is 11.8 Å². The maximum atomic E-state index is 13.1. The summed E-state index contributed by atoms with van der Waals surface area (Å²) in [6.07, 6.45) is 2.71. The van der Waals surface area contributed by atoms with Crippen molar-refractivity contribution in [1.82, 2.24) is 14.7 Å². The van der Waals surface area contributed by atoms with Gasteiger partial charge in [-0.2, -0.15) is 0 Å². The Morgan fingerprint density at radius 2 is 1.88 bits per heavy atom. The molecule has 26 heavy (non-hydrogen) atoms. The van der Waals surface area contributed by atoms with Gasteiger partial charge in [0.15, 0.2) is 0 Å². The lowest BCUT2D eigenvalue weighted by molar-refractivity contribution is -0.136. The van der Waals surface area contributed by atoms with Crippen LogP contribution in [-0.2, 0) is 16.1 Å². The van der Waals surface area contributed by atoms with Crippen LogP contribution in [0, 0.1) is 17.7 Å². The molecule has 0 bridgehead atoms. The molecule has 142 valence electrons. The highest BCUT2D eigenvalue weighted by Gasteiger charge is 2.38. The molecule has 0 aromatic heterocycles.